The van der Waals surface area contributed by atoms with Crippen LogP contribution in [-0.2, 0) is 33.6 Å². The van der Waals surface area contributed by atoms with Crippen molar-refractivity contribution in [3.05, 3.63) is 0 Å². The van der Waals surface area contributed by atoms with Gasteiger partial charge in [0.1, 0.15) is 0 Å². The van der Waals surface area contributed by atoms with Crippen molar-refractivity contribution >= 4 is 41.5 Å². The van der Waals surface area contributed by atoms with Crippen molar-refractivity contribution in [2.75, 3.05) is 45.8 Å². The van der Waals surface area contributed by atoms with Gasteiger partial charge < -0.3 is 50.9 Å². The minimum absolute atomic E-state index is 0.180. The standard InChI is InChI=1S/C13H22N2O2.C10H19N.2C7H13NO.2C5H11N.3C2H4O2/c1-10(16)14-7-3-5-12(14)9-13-6-4-8-15(13)11(2)17;1-2-5-9(4-1)8-10-6-3-7-11-10;2*1-6-4-3-5-8(6)7(2)9;2*1-5-3-2-4-6-5;3*1-2(3)4/h12-13H,3-9H2,1-2H3;9-11H,1-8H2;2*6H,3-5H2,1-2H3;2*5-6H,2-4H2,1H3;3*1H3,(H,3,4). The van der Waals surface area contributed by atoms with Gasteiger partial charge in [-0.15, -0.1) is 0 Å². The monoisotopic (exact) mass is 996 g/mol. The lowest BCUT2D eigenvalue weighted by molar-refractivity contribution is -0.135. The van der Waals surface area contributed by atoms with E-state index in [2.05, 4.69) is 43.6 Å². The molecule has 0 spiro atoms. The van der Waals surface area contributed by atoms with Crippen LogP contribution in [0.15, 0.2) is 0 Å². The second-order valence-electron chi connectivity index (χ2n) is 20.4. The lowest BCUT2D eigenvalue weighted by atomic mass is 9.98. The number of carboxylic acid groups (broad SMARTS) is 3. The van der Waals surface area contributed by atoms with Crippen LogP contribution in [0.25, 0.3) is 0 Å². The number of aliphatic carboxylic acids is 3. The highest BCUT2D eigenvalue weighted by Gasteiger charge is 2.34. The molecular formula is C53H101N7O10. The minimum Gasteiger partial charge on any atom is -0.481 e. The molecule has 0 aromatic rings. The van der Waals surface area contributed by atoms with Crippen molar-refractivity contribution in [1.29, 1.82) is 0 Å². The van der Waals surface area contributed by atoms with Crippen LogP contribution >= 0.6 is 0 Å². The Morgan fingerprint density at radius 3 is 0.929 bits per heavy atom. The third kappa shape index (κ3) is 32.9. The van der Waals surface area contributed by atoms with Crippen molar-refractivity contribution < 1.29 is 48.9 Å². The first-order chi connectivity index (χ1) is 33.0. The van der Waals surface area contributed by atoms with Gasteiger partial charge in [0.2, 0.25) is 23.6 Å². The minimum atomic E-state index is -0.833. The number of nitrogens with zero attached hydrogens (tertiary/aromatic N) is 4. The second-order valence-corrected chi connectivity index (χ2v) is 20.4. The summed E-state index contributed by atoms with van der Waals surface area (Å²) in [5.74, 6) is -0.620. The van der Waals surface area contributed by atoms with Crippen LogP contribution in [-0.4, -0.2) is 165 Å². The van der Waals surface area contributed by atoms with Crippen molar-refractivity contribution in [3.8, 4) is 0 Å². The van der Waals surface area contributed by atoms with Crippen molar-refractivity contribution in [3.63, 3.8) is 0 Å². The van der Waals surface area contributed by atoms with Gasteiger partial charge in [0.05, 0.1) is 0 Å². The fourth-order valence-electron chi connectivity index (χ4n) is 10.4. The molecule has 7 atom stereocenters. The van der Waals surface area contributed by atoms with E-state index in [4.69, 9.17) is 29.7 Å². The molecule has 4 amide bonds. The summed E-state index contributed by atoms with van der Waals surface area (Å²) >= 11 is 0. The van der Waals surface area contributed by atoms with E-state index in [1.54, 1.807) is 27.7 Å². The van der Waals surface area contributed by atoms with Crippen molar-refractivity contribution in [2.24, 2.45) is 5.92 Å². The van der Waals surface area contributed by atoms with E-state index in [1.165, 1.54) is 116 Å². The van der Waals surface area contributed by atoms with Gasteiger partial charge in [-0.3, -0.25) is 33.6 Å². The molecule has 0 aromatic carbocycles. The number of rotatable bonds is 4. The molecule has 0 bridgehead atoms. The number of likely N-dealkylation sites (tertiary alicyclic amines) is 4. The van der Waals surface area contributed by atoms with E-state index in [9.17, 15) is 19.2 Å². The lowest BCUT2D eigenvalue weighted by Gasteiger charge is -2.30. The molecule has 8 rings (SSSR count). The number of nitrogens with one attached hydrogen (secondary N) is 3. The summed E-state index contributed by atoms with van der Waals surface area (Å²) in [6, 6.07) is 4.17. The summed E-state index contributed by atoms with van der Waals surface area (Å²) < 4.78 is 0. The molecular weight excluding hydrogens is 895 g/mol. The largest absolute Gasteiger partial charge is 0.481 e. The second kappa shape index (κ2) is 38.8. The Bertz CT molecular complexity index is 1350. The van der Waals surface area contributed by atoms with E-state index in [0.29, 0.717) is 24.2 Å². The quantitative estimate of drug-likeness (QED) is 0.160. The summed E-state index contributed by atoms with van der Waals surface area (Å²) in [7, 11) is 0. The number of amides is 4. The molecule has 7 aliphatic heterocycles. The summed E-state index contributed by atoms with van der Waals surface area (Å²) in [6.45, 7) is 26.0. The average Bonchev–Trinajstić information content (AvgIpc) is 4.11. The van der Waals surface area contributed by atoms with Crippen molar-refractivity contribution in [1.82, 2.24) is 35.6 Å². The van der Waals surface area contributed by atoms with Gasteiger partial charge in [0, 0.05) is 117 Å². The molecule has 8 aliphatic rings. The number of hydrogen-bond donors (Lipinski definition) is 6. The molecule has 8 fully saturated rings. The predicted molar refractivity (Wildman–Crippen MR) is 279 cm³/mol. The zero-order chi connectivity index (χ0) is 53.2. The zero-order valence-corrected chi connectivity index (χ0v) is 45.7. The maximum Gasteiger partial charge on any atom is 0.300 e. The topological polar surface area (TPSA) is 229 Å². The first-order valence-electron chi connectivity index (χ1n) is 26.8. The van der Waals surface area contributed by atoms with Gasteiger partial charge in [-0.25, -0.2) is 0 Å². The van der Waals surface area contributed by atoms with Gasteiger partial charge >= 0.3 is 0 Å². The smallest absolute Gasteiger partial charge is 0.300 e. The highest BCUT2D eigenvalue weighted by molar-refractivity contribution is 5.75. The Kier molecular flexibility index (Phi) is 36.7. The SMILES string of the molecule is C1CCC(CC2CCCN2)C1.CC(=O)N1CCCC1C.CC(=O)N1CCCC1C.CC(=O)N1CCCC1CC1CCCN1C(C)=O.CC(=O)O.CC(=O)O.CC(=O)O.CC1CCCN1.CC1CCCN1. The Hall–Kier alpha value is -3.83. The molecule has 408 valence electrons. The first kappa shape index (κ1) is 66.2. The van der Waals surface area contributed by atoms with E-state index in [0.717, 1.165) is 103 Å². The summed E-state index contributed by atoms with van der Waals surface area (Å²) in [5, 5.41) is 32.5. The highest BCUT2D eigenvalue weighted by atomic mass is 16.4. The fourth-order valence-corrected chi connectivity index (χ4v) is 10.4. The van der Waals surface area contributed by atoms with Crippen LogP contribution in [0, 0.1) is 5.92 Å². The third-order valence-corrected chi connectivity index (χ3v) is 13.9. The van der Waals surface area contributed by atoms with Gasteiger partial charge in [-0.2, -0.15) is 0 Å². The van der Waals surface area contributed by atoms with E-state index >= 15 is 0 Å². The third-order valence-electron chi connectivity index (χ3n) is 13.9. The van der Waals surface area contributed by atoms with E-state index < -0.39 is 17.9 Å². The molecule has 0 aromatic heterocycles. The van der Waals surface area contributed by atoms with Gasteiger partial charge in [-0.05, 0) is 156 Å². The van der Waals surface area contributed by atoms with Crippen LogP contribution in [0.1, 0.15) is 205 Å². The molecule has 1 aliphatic carbocycles. The van der Waals surface area contributed by atoms with Crippen LogP contribution in [0.4, 0.5) is 0 Å². The molecule has 7 heterocycles. The molecule has 0 radical (unpaired) electrons. The predicted octanol–water partition coefficient (Wildman–Crippen LogP) is 7.54. The van der Waals surface area contributed by atoms with Gasteiger partial charge in [0.25, 0.3) is 17.9 Å². The van der Waals surface area contributed by atoms with E-state index in [1.807, 2.05) is 19.6 Å². The Balaban J connectivity index is 0.000000802. The number of carboxylic acids is 3. The Morgan fingerprint density at radius 1 is 0.386 bits per heavy atom. The summed E-state index contributed by atoms with van der Waals surface area (Å²) in [5.41, 5.74) is 0. The van der Waals surface area contributed by atoms with Crippen LogP contribution in [0.2, 0.25) is 0 Å². The number of carbonyl (C=O) groups is 7. The first-order valence-corrected chi connectivity index (χ1v) is 26.8. The average molecular weight is 996 g/mol. The number of carbonyl (C=O) groups excluding carboxylic acids is 4. The van der Waals surface area contributed by atoms with Crippen molar-refractivity contribution in [2.45, 2.75) is 247 Å². The normalized spacial score (nSPS) is 26.1. The summed E-state index contributed by atoms with van der Waals surface area (Å²) in [6.07, 6.45) is 26.0. The highest BCUT2D eigenvalue weighted by Crippen LogP contribution is 2.30. The van der Waals surface area contributed by atoms with E-state index in [-0.39, 0.29) is 23.6 Å². The molecule has 70 heavy (non-hydrogen) atoms. The van der Waals surface area contributed by atoms with Gasteiger partial charge in [0.15, 0.2) is 0 Å². The lowest BCUT2D eigenvalue weighted by Crippen LogP contribution is -2.41. The Morgan fingerprint density at radius 2 is 0.700 bits per heavy atom. The maximum atomic E-state index is 11.5. The molecule has 7 unspecified atom stereocenters. The molecule has 6 N–H and O–H groups in total. The Labute approximate surface area is 423 Å². The molecule has 17 nitrogen and oxygen atoms in total. The number of hydrogen-bond acceptors (Lipinski definition) is 10. The summed E-state index contributed by atoms with van der Waals surface area (Å²) in [4.78, 5) is 79.4. The van der Waals surface area contributed by atoms with Crippen LogP contribution in [0.3, 0.4) is 0 Å². The molecule has 17 heteroatoms. The van der Waals surface area contributed by atoms with Gasteiger partial charge in [-0.1, -0.05) is 25.7 Å². The van der Waals surface area contributed by atoms with Crippen LogP contribution < -0.4 is 16.0 Å². The molecule has 1 saturated carbocycles. The maximum absolute atomic E-state index is 11.5. The van der Waals surface area contributed by atoms with Crippen LogP contribution in [0.5, 0.6) is 0 Å². The zero-order valence-electron chi connectivity index (χ0n) is 45.7. The molecule has 7 saturated heterocycles. The fraction of sp³-hybridized carbons (Fsp3) is 0.868.